The summed E-state index contributed by atoms with van der Waals surface area (Å²) < 4.78 is 0. The van der Waals surface area contributed by atoms with E-state index < -0.39 is 0 Å². The van der Waals surface area contributed by atoms with Crippen LogP contribution in [0.5, 0.6) is 0 Å². The Morgan fingerprint density at radius 3 is 2.94 bits per heavy atom. The van der Waals surface area contributed by atoms with E-state index >= 15 is 0 Å². The third kappa shape index (κ3) is 5.21. The van der Waals surface area contributed by atoms with E-state index in [0.29, 0.717) is 0 Å². The molecule has 0 amide bonds. The lowest BCUT2D eigenvalue weighted by Crippen LogP contribution is -2.35. The van der Waals surface area contributed by atoms with Gasteiger partial charge in [-0.1, -0.05) is 24.6 Å². The number of aliphatic hydroxyl groups is 1. The molecule has 1 unspecified atom stereocenters. The van der Waals surface area contributed by atoms with Gasteiger partial charge in [-0.25, -0.2) is 0 Å². The second-order valence-corrected chi connectivity index (χ2v) is 5.13. The minimum absolute atomic E-state index is 0.156. The molecule has 0 bridgehead atoms. The Labute approximate surface area is 106 Å². The van der Waals surface area contributed by atoms with E-state index in [-0.39, 0.29) is 12.6 Å². The van der Waals surface area contributed by atoms with Crippen LogP contribution in [0.1, 0.15) is 13.3 Å². The minimum atomic E-state index is 0.156. The van der Waals surface area contributed by atoms with E-state index in [9.17, 15) is 5.11 Å². The predicted octanol–water partition coefficient (Wildman–Crippen LogP) is 2.79. The van der Waals surface area contributed by atoms with Crippen LogP contribution in [0.2, 0.25) is 5.02 Å². The molecule has 0 spiro atoms. The first-order valence-corrected chi connectivity index (χ1v) is 6.85. The van der Waals surface area contributed by atoms with Gasteiger partial charge in [0.25, 0.3) is 0 Å². The second-order valence-electron chi connectivity index (χ2n) is 3.60. The van der Waals surface area contributed by atoms with Gasteiger partial charge in [-0.2, -0.15) is 0 Å². The van der Waals surface area contributed by atoms with Crippen LogP contribution in [0.25, 0.3) is 0 Å². The molecule has 0 saturated carbocycles. The van der Waals surface area contributed by atoms with Crippen molar-refractivity contribution in [2.45, 2.75) is 24.3 Å². The molecule has 0 heterocycles. The average molecular weight is 260 g/mol. The summed E-state index contributed by atoms with van der Waals surface area (Å²) in [6, 6.07) is 7.94. The molecule has 0 aliphatic rings. The maximum atomic E-state index is 9.18. The van der Waals surface area contributed by atoms with Gasteiger partial charge in [0.05, 0.1) is 6.61 Å². The van der Waals surface area contributed by atoms with E-state index in [1.54, 1.807) is 11.8 Å². The lowest BCUT2D eigenvalue weighted by Gasteiger charge is -2.15. The molecule has 4 heteroatoms. The molecular weight excluding hydrogens is 242 g/mol. The van der Waals surface area contributed by atoms with Gasteiger partial charge >= 0.3 is 0 Å². The van der Waals surface area contributed by atoms with Crippen molar-refractivity contribution in [2.24, 2.45) is 0 Å². The highest BCUT2D eigenvalue weighted by Gasteiger charge is 2.06. The molecule has 2 nitrogen and oxygen atoms in total. The third-order valence-electron chi connectivity index (χ3n) is 2.15. The molecule has 0 aromatic heterocycles. The zero-order chi connectivity index (χ0) is 11.8. The van der Waals surface area contributed by atoms with Gasteiger partial charge < -0.3 is 10.4 Å². The van der Waals surface area contributed by atoms with Crippen LogP contribution < -0.4 is 5.32 Å². The lowest BCUT2D eigenvalue weighted by atomic mass is 10.3. The summed E-state index contributed by atoms with van der Waals surface area (Å²) in [7, 11) is 0. The summed E-state index contributed by atoms with van der Waals surface area (Å²) in [6.45, 7) is 3.24. The van der Waals surface area contributed by atoms with Gasteiger partial charge in [0.1, 0.15) is 0 Å². The van der Waals surface area contributed by atoms with Gasteiger partial charge in [0.2, 0.25) is 0 Å². The van der Waals surface area contributed by atoms with Crippen molar-refractivity contribution >= 4 is 23.4 Å². The molecule has 0 aliphatic heterocycles. The van der Waals surface area contributed by atoms with Crippen LogP contribution in [-0.2, 0) is 0 Å². The molecule has 90 valence electrons. The molecule has 0 radical (unpaired) electrons. The standard InChI is InChI=1S/C12H18ClNOS/c1-2-6-14-11(8-15)9-16-12-5-3-4-10(13)7-12/h3-5,7,11,14-15H,2,6,8-9H2,1H3. The van der Waals surface area contributed by atoms with E-state index in [0.717, 1.165) is 28.6 Å². The summed E-state index contributed by atoms with van der Waals surface area (Å²) >= 11 is 7.61. The Morgan fingerprint density at radius 2 is 2.31 bits per heavy atom. The smallest absolute Gasteiger partial charge is 0.0592 e. The topological polar surface area (TPSA) is 32.3 Å². The van der Waals surface area contributed by atoms with E-state index in [1.165, 1.54) is 0 Å². The highest BCUT2D eigenvalue weighted by atomic mass is 35.5. The predicted molar refractivity (Wildman–Crippen MR) is 71.3 cm³/mol. The Hall–Kier alpha value is -0.220. The molecule has 1 atom stereocenters. The normalized spacial score (nSPS) is 12.7. The van der Waals surface area contributed by atoms with Crippen molar-refractivity contribution in [1.29, 1.82) is 0 Å². The third-order valence-corrected chi connectivity index (χ3v) is 3.54. The first-order chi connectivity index (χ1) is 7.76. The van der Waals surface area contributed by atoms with Gasteiger partial charge in [0, 0.05) is 21.7 Å². The molecule has 0 saturated heterocycles. The second kappa shape index (κ2) is 7.96. The SMILES string of the molecule is CCCNC(CO)CSc1cccc(Cl)c1. The first-order valence-electron chi connectivity index (χ1n) is 5.49. The summed E-state index contributed by atoms with van der Waals surface area (Å²) in [6.07, 6.45) is 1.08. The summed E-state index contributed by atoms with van der Waals surface area (Å²) in [5, 5.41) is 13.2. The summed E-state index contributed by atoms with van der Waals surface area (Å²) in [5.74, 6) is 0.858. The molecule has 1 aromatic carbocycles. The fourth-order valence-corrected chi connectivity index (χ4v) is 2.54. The minimum Gasteiger partial charge on any atom is -0.395 e. The van der Waals surface area contributed by atoms with E-state index in [2.05, 4.69) is 12.2 Å². The number of thioether (sulfide) groups is 1. The Morgan fingerprint density at radius 1 is 1.50 bits per heavy atom. The fraction of sp³-hybridized carbons (Fsp3) is 0.500. The van der Waals surface area contributed by atoms with Crippen molar-refractivity contribution in [1.82, 2.24) is 5.32 Å². The quantitative estimate of drug-likeness (QED) is 0.739. The lowest BCUT2D eigenvalue weighted by molar-refractivity contribution is 0.254. The van der Waals surface area contributed by atoms with Gasteiger partial charge in [-0.3, -0.25) is 0 Å². The number of rotatable bonds is 7. The number of halogens is 1. The Balaban J connectivity index is 2.37. The van der Waals surface area contributed by atoms with Crippen LogP contribution in [0.15, 0.2) is 29.2 Å². The first kappa shape index (κ1) is 13.8. The van der Waals surface area contributed by atoms with Gasteiger partial charge in [-0.05, 0) is 31.2 Å². The van der Waals surface area contributed by atoms with Gasteiger partial charge in [0.15, 0.2) is 0 Å². The van der Waals surface area contributed by atoms with Gasteiger partial charge in [-0.15, -0.1) is 11.8 Å². The maximum absolute atomic E-state index is 9.18. The Bertz CT molecular complexity index is 309. The summed E-state index contributed by atoms with van der Waals surface area (Å²) in [5.41, 5.74) is 0. The summed E-state index contributed by atoms with van der Waals surface area (Å²) in [4.78, 5) is 1.14. The average Bonchev–Trinajstić information content (AvgIpc) is 2.29. The molecular formula is C12H18ClNOS. The van der Waals surface area contributed by atoms with Crippen molar-refractivity contribution < 1.29 is 5.11 Å². The highest BCUT2D eigenvalue weighted by molar-refractivity contribution is 7.99. The number of nitrogens with one attached hydrogen (secondary N) is 1. The molecule has 0 fully saturated rings. The van der Waals surface area contributed by atoms with Crippen molar-refractivity contribution in [2.75, 3.05) is 18.9 Å². The van der Waals surface area contributed by atoms with Crippen LogP contribution in [-0.4, -0.2) is 30.1 Å². The van der Waals surface area contributed by atoms with E-state index in [4.69, 9.17) is 11.6 Å². The maximum Gasteiger partial charge on any atom is 0.0592 e. The molecule has 0 aliphatic carbocycles. The zero-order valence-electron chi connectivity index (χ0n) is 9.45. The fourth-order valence-electron chi connectivity index (χ4n) is 1.28. The van der Waals surface area contributed by atoms with Crippen molar-refractivity contribution in [3.63, 3.8) is 0 Å². The number of benzene rings is 1. The van der Waals surface area contributed by atoms with Crippen molar-refractivity contribution in [3.05, 3.63) is 29.3 Å². The molecule has 16 heavy (non-hydrogen) atoms. The molecule has 1 aromatic rings. The number of hydrogen-bond acceptors (Lipinski definition) is 3. The number of aliphatic hydroxyl groups excluding tert-OH is 1. The van der Waals surface area contributed by atoms with Crippen LogP contribution >= 0.6 is 23.4 Å². The van der Waals surface area contributed by atoms with Crippen LogP contribution in [0, 0.1) is 0 Å². The number of hydrogen-bond donors (Lipinski definition) is 2. The molecule has 2 N–H and O–H groups in total. The highest BCUT2D eigenvalue weighted by Crippen LogP contribution is 2.22. The largest absolute Gasteiger partial charge is 0.395 e. The monoisotopic (exact) mass is 259 g/mol. The van der Waals surface area contributed by atoms with Crippen LogP contribution in [0.4, 0.5) is 0 Å². The van der Waals surface area contributed by atoms with Crippen molar-refractivity contribution in [3.8, 4) is 0 Å². The Kier molecular flexibility index (Phi) is 6.88. The molecule has 1 rings (SSSR count). The van der Waals surface area contributed by atoms with E-state index in [1.807, 2.05) is 24.3 Å². The van der Waals surface area contributed by atoms with Crippen LogP contribution in [0.3, 0.4) is 0 Å². The zero-order valence-corrected chi connectivity index (χ0v) is 11.0.